The molecule has 8 heteroatoms. The van der Waals surface area contributed by atoms with Gasteiger partial charge >= 0.3 is 0 Å². The first-order valence-electron chi connectivity index (χ1n) is 7.61. The number of nitrogens with zero attached hydrogens (tertiary/aromatic N) is 1. The number of anilines is 2. The standard InChI is InChI=1S/C18H11FN2O4S/c19-9-4-5-14-12(6-9)13(16(23)20-14)8-15-17(24)21(18(25)26-15)10-2-1-3-11(22)7-10/h1-8,13,22H,(H,20,23). The highest BCUT2D eigenvalue weighted by molar-refractivity contribution is 8.18. The number of fused-ring (bicyclic) bond motifs is 1. The van der Waals surface area contributed by atoms with E-state index >= 15 is 0 Å². The van der Waals surface area contributed by atoms with Crippen molar-refractivity contribution in [3.63, 3.8) is 0 Å². The molecule has 2 aliphatic rings. The summed E-state index contributed by atoms with van der Waals surface area (Å²) >= 11 is 0.693. The second kappa shape index (κ2) is 5.99. The van der Waals surface area contributed by atoms with Crippen LogP contribution in [0.3, 0.4) is 0 Å². The SMILES string of the molecule is O=C1Nc2ccc(F)cc2C1C=C1SC(=O)N(c2cccc(O)c2)C1=O. The summed E-state index contributed by atoms with van der Waals surface area (Å²) in [5, 5.41) is 11.6. The van der Waals surface area contributed by atoms with Crippen molar-refractivity contribution in [2.24, 2.45) is 0 Å². The number of benzene rings is 2. The van der Waals surface area contributed by atoms with Gasteiger partial charge in [-0.3, -0.25) is 14.4 Å². The first kappa shape index (κ1) is 16.3. The molecule has 0 aliphatic carbocycles. The number of hydrogen-bond donors (Lipinski definition) is 2. The van der Waals surface area contributed by atoms with Gasteiger partial charge in [-0.2, -0.15) is 0 Å². The minimum atomic E-state index is -0.857. The summed E-state index contributed by atoms with van der Waals surface area (Å²) in [6, 6.07) is 9.67. The number of halogens is 1. The van der Waals surface area contributed by atoms with Gasteiger partial charge in [0.15, 0.2) is 0 Å². The molecule has 0 radical (unpaired) electrons. The Morgan fingerprint density at radius 1 is 1.15 bits per heavy atom. The number of imide groups is 1. The van der Waals surface area contributed by atoms with E-state index in [1.807, 2.05) is 0 Å². The highest BCUT2D eigenvalue weighted by Gasteiger charge is 2.39. The topological polar surface area (TPSA) is 86.7 Å². The number of aromatic hydroxyl groups is 1. The molecular formula is C18H11FN2O4S. The van der Waals surface area contributed by atoms with Crippen LogP contribution in [0.5, 0.6) is 5.75 Å². The van der Waals surface area contributed by atoms with Crippen molar-refractivity contribution >= 4 is 40.2 Å². The molecule has 2 aromatic carbocycles. The summed E-state index contributed by atoms with van der Waals surface area (Å²) in [5.41, 5.74) is 1.13. The van der Waals surface area contributed by atoms with Gasteiger partial charge in [0, 0.05) is 11.8 Å². The zero-order chi connectivity index (χ0) is 18.4. The van der Waals surface area contributed by atoms with Crippen LogP contribution in [-0.2, 0) is 9.59 Å². The number of carbonyl (C=O) groups excluding carboxylic acids is 3. The van der Waals surface area contributed by atoms with Crippen molar-refractivity contribution in [2.75, 3.05) is 10.2 Å². The fraction of sp³-hybridized carbons (Fsp3) is 0.0556. The van der Waals surface area contributed by atoms with E-state index in [9.17, 15) is 23.9 Å². The van der Waals surface area contributed by atoms with Gasteiger partial charge in [0.05, 0.1) is 16.5 Å². The van der Waals surface area contributed by atoms with Crippen molar-refractivity contribution in [2.45, 2.75) is 5.92 Å². The fourth-order valence-electron chi connectivity index (χ4n) is 2.91. The third-order valence-corrected chi connectivity index (χ3v) is 4.98. The minimum Gasteiger partial charge on any atom is -0.508 e. The molecule has 6 nitrogen and oxygen atoms in total. The molecule has 0 aromatic heterocycles. The van der Waals surface area contributed by atoms with Crippen LogP contribution in [0.4, 0.5) is 20.6 Å². The number of nitrogens with one attached hydrogen (secondary N) is 1. The van der Waals surface area contributed by atoms with Crippen LogP contribution in [0, 0.1) is 5.82 Å². The Hall–Kier alpha value is -3.13. The van der Waals surface area contributed by atoms with Crippen molar-refractivity contribution in [3.8, 4) is 5.75 Å². The molecule has 0 spiro atoms. The first-order chi connectivity index (χ1) is 12.4. The van der Waals surface area contributed by atoms with Crippen LogP contribution in [-0.4, -0.2) is 22.2 Å². The Balaban J connectivity index is 1.69. The molecule has 4 rings (SSSR count). The Bertz CT molecular complexity index is 1000. The normalized spacial score (nSPS) is 20.7. The second-order valence-electron chi connectivity index (χ2n) is 5.76. The zero-order valence-electron chi connectivity index (χ0n) is 13.1. The van der Waals surface area contributed by atoms with E-state index in [4.69, 9.17) is 0 Å². The van der Waals surface area contributed by atoms with Gasteiger partial charge in [0.1, 0.15) is 11.6 Å². The Labute approximate surface area is 151 Å². The average Bonchev–Trinajstić information content (AvgIpc) is 3.04. The molecule has 2 heterocycles. The average molecular weight is 370 g/mol. The molecule has 130 valence electrons. The number of rotatable bonds is 2. The number of amides is 3. The quantitative estimate of drug-likeness (QED) is 0.792. The minimum absolute atomic E-state index is 0.0786. The van der Waals surface area contributed by atoms with E-state index in [-0.39, 0.29) is 16.3 Å². The molecule has 1 saturated heterocycles. The van der Waals surface area contributed by atoms with Crippen LogP contribution in [0.2, 0.25) is 0 Å². The van der Waals surface area contributed by atoms with Crippen LogP contribution < -0.4 is 10.2 Å². The number of hydrogen-bond acceptors (Lipinski definition) is 5. The van der Waals surface area contributed by atoms with Crippen molar-refractivity contribution in [1.82, 2.24) is 0 Å². The maximum atomic E-state index is 13.5. The maximum Gasteiger partial charge on any atom is 0.298 e. The molecule has 2 aromatic rings. The Kier molecular flexibility index (Phi) is 3.77. The molecule has 0 saturated carbocycles. The van der Waals surface area contributed by atoms with Gasteiger partial charge in [-0.25, -0.2) is 9.29 Å². The van der Waals surface area contributed by atoms with Gasteiger partial charge in [-0.05, 0) is 53.7 Å². The van der Waals surface area contributed by atoms with E-state index in [0.29, 0.717) is 23.0 Å². The summed E-state index contributed by atoms with van der Waals surface area (Å²) in [6.45, 7) is 0. The lowest BCUT2D eigenvalue weighted by atomic mass is 10.00. The summed E-state index contributed by atoms with van der Waals surface area (Å²) in [6.07, 6.45) is 1.37. The molecule has 0 bridgehead atoms. The number of carbonyl (C=O) groups is 3. The number of thioether (sulfide) groups is 1. The van der Waals surface area contributed by atoms with E-state index in [1.54, 1.807) is 0 Å². The second-order valence-corrected chi connectivity index (χ2v) is 6.75. The predicted octanol–water partition coefficient (Wildman–Crippen LogP) is 3.35. The van der Waals surface area contributed by atoms with Gasteiger partial charge in [-0.1, -0.05) is 6.07 Å². The summed E-state index contributed by atoms with van der Waals surface area (Å²) < 4.78 is 13.5. The molecular weight excluding hydrogens is 359 g/mol. The molecule has 2 N–H and O–H groups in total. The molecule has 1 fully saturated rings. The van der Waals surface area contributed by atoms with Crippen LogP contribution in [0.25, 0.3) is 0 Å². The highest BCUT2D eigenvalue weighted by Crippen LogP contribution is 2.40. The van der Waals surface area contributed by atoms with Crippen molar-refractivity contribution in [1.29, 1.82) is 0 Å². The molecule has 2 aliphatic heterocycles. The smallest absolute Gasteiger partial charge is 0.298 e. The predicted molar refractivity (Wildman–Crippen MR) is 94.4 cm³/mol. The van der Waals surface area contributed by atoms with Gasteiger partial charge in [-0.15, -0.1) is 0 Å². The Morgan fingerprint density at radius 3 is 2.73 bits per heavy atom. The fourth-order valence-corrected chi connectivity index (χ4v) is 3.76. The largest absolute Gasteiger partial charge is 0.508 e. The summed E-state index contributed by atoms with van der Waals surface area (Å²) in [5.74, 6) is -2.42. The first-order valence-corrected chi connectivity index (χ1v) is 8.43. The third-order valence-electron chi connectivity index (χ3n) is 4.09. The summed E-state index contributed by atoms with van der Waals surface area (Å²) in [4.78, 5) is 38.1. The van der Waals surface area contributed by atoms with E-state index < -0.39 is 28.8 Å². The maximum absolute atomic E-state index is 13.5. The third kappa shape index (κ3) is 2.64. The van der Waals surface area contributed by atoms with Crippen LogP contribution in [0.1, 0.15) is 11.5 Å². The van der Waals surface area contributed by atoms with Crippen LogP contribution >= 0.6 is 11.8 Å². The number of phenolic OH excluding ortho intramolecular Hbond substituents is 1. The van der Waals surface area contributed by atoms with E-state index in [0.717, 1.165) is 4.90 Å². The zero-order valence-corrected chi connectivity index (χ0v) is 13.9. The highest BCUT2D eigenvalue weighted by atomic mass is 32.2. The lowest BCUT2D eigenvalue weighted by Crippen LogP contribution is -2.27. The van der Waals surface area contributed by atoms with Crippen molar-refractivity contribution < 1.29 is 23.9 Å². The van der Waals surface area contributed by atoms with Crippen LogP contribution in [0.15, 0.2) is 53.4 Å². The van der Waals surface area contributed by atoms with Crippen molar-refractivity contribution in [3.05, 3.63) is 64.8 Å². The number of phenols is 1. The lowest BCUT2D eigenvalue weighted by Gasteiger charge is -2.12. The van der Waals surface area contributed by atoms with Gasteiger partial charge in [0.2, 0.25) is 5.91 Å². The lowest BCUT2D eigenvalue weighted by molar-refractivity contribution is -0.116. The van der Waals surface area contributed by atoms with Gasteiger partial charge < -0.3 is 10.4 Å². The van der Waals surface area contributed by atoms with E-state index in [1.165, 1.54) is 48.5 Å². The molecule has 1 atom stereocenters. The van der Waals surface area contributed by atoms with E-state index in [2.05, 4.69) is 5.32 Å². The monoisotopic (exact) mass is 370 g/mol. The Morgan fingerprint density at radius 2 is 1.96 bits per heavy atom. The molecule has 1 unspecified atom stereocenters. The molecule has 26 heavy (non-hydrogen) atoms. The summed E-state index contributed by atoms with van der Waals surface area (Å²) in [7, 11) is 0. The van der Waals surface area contributed by atoms with Gasteiger partial charge in [0.25, 0.3) is 11.1 Å². The molecule has 3 amide bonds.